The number of amides is 1. The number of methoxy groups -OCH3 is 2. The predicted molar refractivity (Wildman–Crippen MR) is 119 cm³/mol. The van der Waals surface area contributed by atoms with Crippen molar-refractivity contribution in [1.82, 2.24) is 9.80 Å². The maximum Gasteiger partial charge on any atom is 0.328 e. The number of fused-ring (bicyclic) bond motifs is 1. The lowest BCUT2D eigenvalue weighted by Crippen LogP contribution is -2.51. The SMILES string of the molecule is COC(=O)[C@@H]1CCCCN1C(=O)CN1Cc2ccccc2O[C@H](c2ccccc2OC)C1. The summed E-state index contributed by atoms with van der Waals surface area (Å²) in [5.41, 5.74) is 1.97. The molecule has 0 bridgehead atoms. The van der Waals surface area contributed by atoms with Crippen molar-refractivity contribution >= 4 is 11.9 Å². The zero-order valence-corrected chi connectivity index (χ0v) is 18.7. The lowest BCUT2D eigenvalue weighted by molar-refractivity contribution is -0.155. The van der Waals surface area contributed by atoms with Crippen molar-refractivity contribution in [3.63, 3.8) is 0 Å². The molecule has 170 valence electrons. The van der Waals surface area contributed by atoms with Gasteiger partial charge in [-0.05, 0) is 31.4 Å². The average Bonchev–Trinajstić information content (AvgIpc) is 3.02. The lowest BCUT2D eigenvalue weighted by Gasteiger charge is -2.35. The molecule has 2 aromatic carbocycles. The van der Waals surface area contributed by atoms with Crippen molar-refractivity contribution in [1.29, 1.82) is 0 Å². The van der Waals surface area contributed by atoms with Crippen LogP contribution in [0.3, 0.4) is 0 Å². The monoisotopic (exact) mass is 438 g/mol. The number of benzene rings is 2. The van der Waals surface area contributed by atoms with E-state index in [0.29, 0.717) is 26.1 Å². The van der Waals surface area contributed by atoms with E-state index in [-0.39, 0.29) is 24.5 Å². The van der Waals surface area contributed by atoms with E-state index in [1.807, 2.05) is 48.5 Å². The largest absolute Gasteiger partial charge is 0.496 e. The summed E-state index contributed by atoms with van der Waals surface area (Å²) >= 11 is 0. The van der Waals surface area contributed by atoms with Gasteiger partial charge in [0.05, 0.1) is 20.8 Å². The third-order valence-corrected chi connectivity index (χ3v) is 6.20. The molecule has 0 saturated carbocycles. The van der Waals surface area contributed by atoms with Crippen molar-refractivity contribution in [3.8, 4) is 11.5 Å². The first-order valence-corrected chi connectivity index (χ1v) is 11.1. The highest BCUT2D eigenvalue weighted by atomic mass is 16.5. The number of carbonyl (C=O) groups is 2. The molecule has 4 rings (SSSR count). The summed E-state index contributed by atoms with van der Waals surface area (Å²) in [6.45, 7) is 1.90. The molecule has 7 heteroatoms. The number of para-hydroxylation sites is 2. The van der Waals surface area contributed by atoms with E-state index in [2.05, 4.69) is 4.90 Å². The van der Waals surface area contributed by atoms with Gasteiger partial charge in [-0.2, -0.15) is 0 Å². The van der Waals surface area contributed by atoms with E-state index >= 15 is 0 Å². The van der Waals surface area contributed by atoms with Crippen molar-refractivity contribution in [2.45, 2.75) is 38.0 Å². The van der Waals surface area contributed by atoms with Gasteiger partial charge in [-0.3, -0.25) is 9.69 Å². The maximum atomic E-state index is 13.3. The fourth-order valence-electron chi connectivity index (χ4n) is 4.59. The zero-order chi connectivity index (χ0) is 22.5. The summed E-state index contributed by atoms with van der Waals surface area (Å²) < 4.78 is 16.9. The molecule has 1 amide bonds. The Hall–Kier alpha value is -3.06. The van der Waals surface area contributed by atoms with E-state index in [4.69, 9.17) is 14.2 Å². The topological polar surface area (TPSA) is 68.3 Å². The maximum absolute atomic E-state index is 13.3. The number of hydrogen-bond donors (Lipinski definition) is 0. The summed E-state index contributed by atoms with van der Waals surface area (Å²) in [4.78, 5) is 29.3. The van der Waals surface area contributed by atoms with Gasteiger partial charge in [0.2, 0.25) is 5.91 Å². The Kier molecular flexibility index (Phi) is 6.95. The molecule has 0 radical (unpaired) electrons. The number of carbonyl (C=O) groups excluding carboxylic acids is 2. The summed E-state index contributed by atoms with van der Waals surface area (Å²) in [5, 5.41) is 0. The van der Waals surface area contributed by atoms with Crippen LogP contribution in [0.2, 0.25) is 0 Å². The van der Waals surface area contributed by atoms with Gasteiger partial charge in [-0.25, -0.2) is 4.79 Å². The van der Waals surface area contributed by atoms with E-state index in [1.165, 1.54) is 7.11 Å². The number of rotatable bonds is 5. The Bertz CT molecular complexity index is 963. The van der Waals surface area contributed by atoms with E-state index < -0.39 is 6.04 Å². The highest BCUT2D eigenvalue weighted by Gasteiger charge is 2.34. The van der Waals surface area contributed by atoms with E-state index in [0.717, 1.165) is 35.5 Å². The second kappa shape index (κ2) is 10.0. The fourth-order valence-corrected chi connectivity index (χ4v) is 4.59. The molecule has 0 unspecified atom stereocenters. The molecule has 2 heterocycles. The van der Waals surface area contributed by atoms with Crippen LogP contribution < -0.4 is 9.47 Å². The van der Waals surface area contributed by atoms with Crippen molar-refractivity contribution < 1.29 is 23.8 Å². The number of hydrogen-bond acceptors (Lipinski definition) is 6. The summed E-state index contributed by atoms with van der Waals surface area (Å²) in [5.74, 6) is 1.17. The van der Waals surface area contributed by atoms with Gasteiger partial charge in [0.15, 0.2) is 0 Å². The molecule has 2 aliphatic rings. The van der Waals surface area contributed by atoms with Crippen LogP contribution in [-0.2, 0) is 20.9 Å². The molecule has 0 aromatic heterocycles. The molecule has 2 atom stereocenters. The summed E-state index contributed by atoms with van der Waals surface area (Å²) in [6.07, 6.45) is 2.17. The number of piperidine rings is 1. The number of nitrogens with zero attached hydrogens (tertiary/aromatic N) is 2. The second-order valence-corrected chi connectivity index (χ2v) is 8.25. The van der Waals surface area contributed by atoms with Crippen LogP contribution in [0.15, 0.2) is 48.5 Å². The smallest absolute Gasteiger partial charge is 0.328 e. The minimum absolute atomic E-state index is 0.0572. The predicted octanol–water partition coefficient (Wildman–Crippen LogP) is 3.19. The Morgan fingerprint density at radius 2 is 1.84 bits per heavy atom. The molecule has 0 aliphatic carbocycles. The molecular weight excluding hydrogens is 408 g/mol. The van der Waals surface area contributed by atoms with Gasteiger partial charge in [-0.1, -0.05) is 36.4 Å². The third kappa shape index (κ3) is 4.72. The Balaban J connectivity index is 1.58. The Morgan fingerprint density at radius 3 is 2.66 bits per heavy atom. The molecular formula is C25H30N2O5. The Labute approximate surface area is 188 Å². The molecule has 32 heavy (non-hydrogen) atoms. The molecule has 0 spiro atoms. The van der Waals surface area contributed by atoms with Gasteiger partial charge < -0.3 is 19.1 Å². The van der Waals surface area contributed by atoms with Gasteiger partial charge >= 0.3 is 5.97 Å². The molecule has 7 nitrogen and oxygen atoms in total. The number of esters is 1. The fraction of sp³-hybridized carbons (Fsp3) is 0.440. The minimum atomic E-state index is -0.498. The summed E-state index contributed by atoms with van der Waals surface area (Å²) in [7, 11) is 3.02. The number of ether oxygens (including phenoxy) is 3. The van der Waals surface area contributed by atoms with Crippen molar-refractivity contribution in [2.24, 2.45) is 0 Å². The van der Waals surface area contributed by atoms with Crippen LogP contribution in [0, 0.1) is 0 Å². The van der Waals surface area contributed by atoms with Crippen LogP contribution in [0.4, 0.5) is 0 Å². The van der Waals surface area contributed by atoms with Crippen LogP contribution in [0.25, 0.3) is 0 Å². The molecule has 0 N–H and O–H groups in total. The number of likely N-dealkylation sites (tertiary alicyclic amines) is 1. The normalized spacial score (nSPS) is 21.1. The van der Waals surface area contributed by atoms with Crippen LogP contribution in [-0.4, -0.2) is 61.6 Å². The molecule has 1 saturated heterocycles. The van der Waals surface area contributed by atoms with Crippen molar-refractivity contribution in [3.05, 3.63) is 59.7 Å². The lowest BCUT2D eigenvalue weighted by atomic mass is 10.0. The molecule has 1 fully saturated rings. The highest BCUT2D eigenvalue weighted by Crippen LogP contribution is 2.34. The second-order valence-electron chi connectivity index (χ2n) is 8.25. The molecule has 2 aliphatic heterocycles. The minimum Gasteiger partial charge on any atom is -0.496 e. The first-order chi connectivity index (χ1) is 15.6. The van der Waals surface area contributed by atoms with Crippen LogP contribution in [0.5, 0.6) is 11.5 Å². The quantitative estimate of drug-likeness (QED) is 0.668. The van der Waals surface area contributed by atoms with Gasteiger partial charge in [0.25, 0.3) is 0 Å². The standard InChI is InChI=1S/C25H30N2O5/c1-30-22-13-6-4-10-19(22)23-16-26(15-18-9-3-5-12-21(18)32-23)17-24(28)27-14-8-7-11-20(27)25(29)31-2/h3-6,9-10,12-13,20,23H,7-8,11,14-17H2,1-2H3/t20-,23-/m0/s1. The third-order valence-electron chi connectivity index (χ3n) is 6.20. The van der Waals surface area contributed by atoms with Crippen molar-refractivity contribution in [2.75, 3.05) is 33.9 Å². The zero-order valence-electron chi connectivity index (χ0n) is 18.7. The van der Waals surface area contributed by atoms with E-state index in [9.17, 15) is 9.59 Å². The van der Waals surface area contributed by atoms with Gasteiger partial charge in [-0.15, -0.1) is 0 Å². The van der Waals surface area contributed by atoms with E-state index in [1.54, 1.807) is 12.0 Å². The van der Waals surface area contributed by atoms with Gasteiger partial charge in [0.1, 0.15) is 23.6 Å². The average molecular weight is 439 g/mol. The first-order valence-electron chi connectivity index (χ1n) is 11.1. The van der Waals surface area contributed by atoms with Crippen LogP contribution >= 0.6 is 0 Å². The Morgan fingerprint density at radius 1 is 1.06 bits per heavy atom. The van der Waals surface area contributed by atoms with Crippen LogP contribution in [0.1, 0.15) is 36.5 Å². The first kappa shape index (κ1) is 22.1. The highest BCUT2D eigenvalue weighted by molar-refractivity contribution is 5.85. The van der Waals surface area contributed by atoms with Gasteiger partial charge in [0, 0.05) is 30.8 Å². The summed E-state index contributed by atoms with van der Waals surface area (Å²) in [6, 6.07) is 15.2. The molecule has 2 aromatic rings.